The summed E-state index contributed by atoms with van der Waals surface area (Å²) >= 11 is 0. The molecule has 1 aliphatic carbocycles. The van der Waals surface area contributed by atoms with E-state index >= 15 is 0 Å². The molecule has 0 amide bonds. The predicted octanol–water partition coefficient (Wildman–Crippen LogP) is 3.35. The first-order chi connectivity index (χ1) is 7.18. The van der Waals surface area contributed by atoms with E-state index in [-0.39, 0.29) is 0 Å². The van der Waals surface area contributed by atoms with Crippen LogP contribution in [0, 0.1) is 11.8 Å². The van der Waals surface area contributed by atoms with Crippen LogP contribution in [0.4, 0.5) is 0 Å². The third kappa shape index (κ3) is 2.24. The molecular weight excluding hydrogens is 184 g/mol. The minimum absolute atomic E-state index is 0.708. The van der Waals surface area contributed by atoms with E-state index in [1.165, 1.54) is 31.5 Å². The lowest BCUT2D eigenvalue weighted by Gasteiger charge is -2.30. The molecule has 0 atom stereocenters. The van der Waals surface area contributed by atoms with Gasteiger partial charge < -0.3 is 4.57 Å². The van der Waals surface area contributed by atoms with Crippen LogP contribution in [0.15, 0.2) is 12.4 Å². The molecular formula is C13H22N2. The maximum atomic E-state index is 4.47. The Morgan fingerprint density at radius 2 is 1.93 bits per heavy atom. The molecule has 84 valence electrons. The fourth-order valence-electron chi connectivity index (χ4n) is 2.81. The van der Waals surface area contributed by atoms with Gasteiger partial charge in [0.15, 0.2) is 0 Å². The Morgan fingerprint density at radius 1 is 1.27 bits per heavy atom. The molecule has 1 heterocycles. The van der Waals surface area contributed by atoms with Crippen LogP contribution in [0.1, 0.15) is 51.3 Å². The second-order valence-electron chi connectivity index (χ2n) is 5.25. The van der Waals surface area contributed by atoms with Crippen LogP contribution in [-0.4, -0.2) is 9.55 Å². The first kappa shape index (κ1) is 10.7. The minimum atomic E-state index is 0.708. The van der Waals surface area contributed by atoms with Gasteiger partial charge in [0, 0.05) is 25.4 Å². The van der Waals surface area contributed by atoms with Crippen molar-refractivity contribution in [2.45, 2.75) is 45.4 Å². The summed E-state index contributed by atoms with van der Waals surface area (Å²) in [4.78, 5) is 4.47. The van der Waals surface area contributed by atoms with Crippen LogP contribution in [-0.2, 0) is 7.05 Å². The number of aromatic nitrogens is 2. The SMILES string of the molecule is CC(C)C1CCC(c2nccn2C)CC1. The van der Waals surface area contributed by atoms with Crippen LogP contribution in [0.25, 0.3) is 0 Å². The number of hydrogen-bond donors (Lipinski definition) is 0. The van der Waals surface area contributed by atoms with Crippen LogP contribution in [0.2, 0.25) is 0 Å². The molecule has 1 aromatic heterocycles. The van der Waals surface area contributed by atoms with Gasteiger partial charge in [-0.25, -0.2) is 4.98 Å². The van der Waals surface area contributed by atoms with Crippen LogP contribution < -0.4 is 0 Å². The van der Waals surface area contributed by atoms with Crippen molar-refractivity contribution in [3.05, 3.63) is 18.2 Å². The molecule has 2 heteroatoms. The van der Waals surface area contributed by atoms with Gasteiger partial charge in [0.05, 0.1) is 0 Å². The van der Waals surface area contributed by atoms with Gasteiger partial charge in [0.2, 0.25) is 0 Å². The van der Waals surface area contributed by atoms with Gasteiger partial charge in [-0.2, -0.15) is 0 Å². The number of hydrogen-bond acceptors (Lipinski definition) is 1. The Morgan fingerprint density at radius 3 is 2.40 bits per heavy atom. The molecule has 2 rings (SSSR count). The summed E-state index contributed by atoms with van der Waals surface area (Å²) in [7, 11) is 2.11. The maximum Gasteiger partial charge on any atom is 0.111 e. The van der Waals surface area contributed by atoms with Crippen molar-refractivity contribution in [1.82, 2.24) is 9.55 Å². The van der Waals surface area contributed by atoms with Gasteiger partial charge in [-0.15, -0.1) is 0 Å². The average molecular weight is 206 g/mol. The second kappa shape index (κ2) is 4.38. The van der Waals surface area contributed by atoms with Gasteiger partial charge in [0.25, 0.3) is 0 Å². The van der Waals surface area contributed by atoms with Crippen LogP contribution in [0.5, 0.6) is 0 Å². The highest BCUT2D eigenvalue weighted by Gasteiger charge is 2.25. The van der Waals surface area contributed by atoms with Crippen molar-refractivity contribution in [1.29, 1.82) is 0 Å². The number of imidazole rings is 1. The quantitative estimate of drug-likeness (QED) is 0.725. The summed E-state index contributed by atoms with van der Waals surface area (Å²) in [5.74, 6) is 3.80. The lowest BCUT2D eigenvalue weighted by molar-refractivity contribution is 0.253. The average Bonchev–Trinajstić information content (AvgIpc) is 2.65. The Labute approximate surface area is 92.7 Å². The maximum absolute atomic E-state index is 4.47. The number of nitrogens with zero attached hydrogens (tertiary/aromatic N) is 2. The zero-order valence-electron chi connectivity index (χ0n) is 10.1. The molecule has 0 radical (unpaired) electrons. The van der Waals surface area contributed by atoms with Crippen molar-refractivity contribution in [2.75, 3.05) is 0 Å². The fourth-order valence-corrected chi connectivity index (χ4v) is 2.81. The first-order valence-electron chi connectivity index (χ1n) is 6.15. The van der Waals surface area contributed by atoms with Gasteiger partial charge in [-0.05, 0) is 37.5 Å². The fraction of sp³-hybridized carbons (Fsp3) is 0.769. The van der Waals surface area contributed by atoms with Gasteiger partial charge in [-0.3, -0.25) is 0 Å². The molecule has 1 saturated carbocycles. The molecule has 1 aliphatic rings. The van der Waals surface area contributed by atoms with E-state index in [0.717, 1.165) is 11.8 Å². The van der Waals surface area contributed by atoms with E-state index in [2.05, 4.69) is 36.6 Å². The molecule has 0 unspecified atom stereocenters. The summed E-state index contributed by atoms with van der Waals surface area (Å²) in [5.41, 5.74) is 0. The van der Waals surface area contributed by atoms with Crippen molar-refractivity contribution < 1.29 is 0 Å². The van der Waals surface area contributed by atoms with E-state index < -0.39 is 0 Å². The van der Waals surface area contributed by atoms with Crippen molar-refractivity contribution >= 4 is 0 Å². The van der Waals surface area contributed by atoms with Crippen LogP contribution >= 0.6 is 0 Å². The summed E-state index contributed by atoms with van der Waals surface area (Å²) in [6, 6.07) is 0. The third-order valence-electron chi connectivity index (χ3n) is 3.94. The largest absolute Gasteiger partial charge is 0.338 e. The van der Waals surface area contributed by atoms with E-state index in [0.29, 0.717) is 5.92 Å². The van der Waals surface area contributed by atoms with Crippen LogP contribution in [0.3, 0.4) is 0 Å². The van der Waals surface area contributed by atoms with Gasteiger partial charge in [0.1, 0.15) is 5.82 Å². The molecule has 15 heavy (non-hydrogen) atoms. The van der Waals surface area contributed by atoms with E-state index in [9.17, 15) is 0 Å². The zero-order valence-corrected chi connectivity index (χ0v) is 10.1. The zero-order chi connectivity index (χ0) is 10.8. The summed E-state index contributed by atoms with van der Waals surface area (Å²) < 4.78 is 2.18. The summed E-state index contributed by atoms with van der Waals surface area (Å²) in [6.07, 6.45) is 9.40. The van der Waals surface area contributed by atoms with Crippen molar-refractivity contribution in [3.8, 4) is 0 Å². The number of aryl methyl sites for hydroxylation is 1. The van der Waals surface area contributed by atoms with E-state index in [1.54, 1.807) is 0 Å². The second-order valence-corrected chi connectivity index (χ2v) is 5.25. The normalized spacial score (nSPS) is 27.2. The summed E-state index contributed by atoms with van der Waals surface area (Å²) in [5, 5.41) is 0. The molecule has 0 aliphatic heterocycles. The first-order valence-corrected chi connectivity index (χ1v) is 6.15. The molecule has 1 aromatic rings. The predicted molar refractivity (Wildman–Crippen MR) is 62.7 cm³/mol. The lowest BCUT2D eigenvalue weighted by Crippen LogP contribution is -2.19. The Bertz CT molecular complexity index is 306. The van der Waals surface area contributed by atoms with Crippen molar-refractivity contribution in [2.24, 2.45) is 18.9 Å². The topological polar surface area (TPSA) is 17.8 Å². The van der Waals surface area contributed by atoms with Gasteiger partial charge in [-0.1, -0.05) is 13.8 Å². The Balaban J connectivity index is 1.97. The highest BCUT2D eigenvalue weighted by Crippen LogP contribution is 2.37. The number of rotatable bonds is 2. The Kier molecular flexibility index (Phi) is 3.13. The molecule has 0 bridgehead atoms. The van der Waals surface area contributed by atoms with Gasteiger partial charge >= 0.3 is 0 Å². The molecule has 1 fully saturated rings. The highest BCUT2D eigenvalue weighted by molar-refractivity contribution is 5.01. The standard InChI is InChI=1S/C13H22N2/c1-10(2)11-4-6-12(7-5-11)13-14-8-9-15(13)3/h8-12H,4-7H2,1-3H3. The smallest absolute Gasteiger partial charge is 0.111 e. The Hall–Kier alpha value is -0.790. The molecule has 0 aromatic carbocycles. The van der Waals surface area contributed by atoms with Crippen molar-refractivity contribution in [3.63, 3.8) is 0 Å². The van der Waals surface area contributed by atoms with E-state index in [1.807, 2.05) is 6.20 Å². The highest BCUT2D eigenvalue weighted by atomic mass is 15.0. The monoisotopic (exact) mass is 206 g/mol. The molecule has 0 saturated heterocycles. The minimum Gasteiger partial charge on any atom is -0.338 e. The molecule has 0 N–H and O–H groups in total. The lowest BCUT2D eigenvalue weighted by atomic mass is 9.77. The molecule has 0 spiro atoms. The van der Waals surface area contributed by atoms with E-state index in [4.69, 9.17) is 0 Å². The summed E-state index contributed by atoms with van der Waals surface area (Å²) in [6.45, 7) is 4.71. The molecule has 2 nitrogen and oxygen atoms in total. The third-order valence-corrected chi connectivity index (χ3v) is 3.94.